The number of benzene rings is 1. The van der Waals surface area contributed by atoms with Crippen LogP contribution in [-0.4, -0.2) is 0 Å². The van der Waals surface area contributed by atoms with E-state index in [2.05, 4.69) is 47.2 Å². The smallest absolute Gasteiger partial charge is 0.0431 e. The van der Waals surface area contributed by atoms with E-state index >= 15 is 0 Å². The van der Waals surface area contributed by atoms with E-state index in [9.17, 15) is 0 Å². The van der Waals surface area contributed by atoms with Crippen LogP contribution in [0.5, 0.6) is 0 Å². The minimum absolute atomic E-state index is 0.113. The van der Waals surface area contributed by atoms with Gasteiger partial charge in [-0.2, -0.15) is 11.3 Å². The molecule has 0 radical (unpaired) electrons. The maximum atomic E-state index is 6.27. The second-order valence-corrected chi connectivity index (χ2v) is 6.02. The van der Waals surface area contributed by atoms with Gasteiger partial charge in [0.15, 0.2) is 0 Å². The van der Waals surface area contributed by atoms with Crippen molar-refractivity contribution in [3.63, 3.8) is 0 Å². The van der Waals surface area contributed by atoms with Crippen LogP contribution in [0, 0.1) is 0 Å². The molecule has 3 rings (SSSR count). The molecular formula is C14H13NS2. The van der Waals surface area contributed by atoms with E-state index in [0.717, 1.165) is 6.42 Å². The maximum absolute atomic E-state index is 6.27. The Morgan fingerprint density at radius 1 is 1.18 bits per heavy atom. The van der Waals surface area contributed by atoms with Gasteiger partial charge in [0.1, 0.15) is 0 Å². The third kappa shape index (κ3) is 2.27. The topological polar surface area (TPSA) is 26.0 Å². The first-order valence-electron chi connectivity index (χ1n) is 5.58. The molecule has 0 amide bonds. The zero-order valence-corrected chi connectivity index (χ0v) is 10.9. The lowest BCUT2D eigenvalue weighted by atomic mass is 10.1. The van der Waals surface area contributed by atoms with Gasteiger partial charge in [-0.15, -0.1) is 11.3 Å². The van der Waals surface area contributed by atoms with Crippen LogP contribution >= 0.6 is 22.7 Å². The van der Waals surface area contributed by atoms with Crippen molar-refractivity contribution in [3.8, 4) is 0 Å². The van der Waals surface area contributed by atoms with Gasteiger partial charge >= 0.3 is 0 Å². The quantitative estimate of drug-likeness (QED) is 0.749. The molecule has 0 fully saturated rings. The van der Waals surface area contributed by atoms with Crippen molar-refractivity contribution in [1.29, 1.82) is 0 Å². The summed E-state index contributed by atoms with van der Waals surface area (Å²) in [6, 6.07) is 12.9. The Labute approximate surface area is 109 Å². The summed E-state index contributed by atoms with van der Waals surface area (Å²) in [5.41, 5.74) is 7.60. The van der Waals surface area contributed by atoms with E-state index in [1.54, 1.807) is 22.7 Å². The lowest BCUT2D eigenvalue weighted by Gasteiger charge is -2.07. The van der Waals surface area contributed by atoms with Gasteiger partial charge in [-0.3, -0.25) is 0 Å². The van der Waals surface area contributed by atoms with Crippen molar-refractivity contribution in [2.24, 2.45) is 5.73 Å². The summed E-state index contributed by atoms with van der Waals surface area (Å²) < 4.78 is 1.32. The molecule has 0 saturated carbocycles. The molecule has 2 heterocycles. The van der Waals surface area contributed by atoms with Crippen molar-refractivity contribution in [3.05, 3.63) is 57.6 Å². The van der Waals surface area contributed by atoms with Crippen molar-refractivity contribution in [2.75, 3.05) is 0 Å². The van der Waals surface area contributed by atoms with Crippen molar-refractivity contribution in [2.45, 2.75) is 12.5 Å². The molecule has 0 saturated heterocycles. The minimum Gasteiger partial charge on any atom is -0.323 e. The summed E-state index contributed by atoms with van der Waals surface area (Å²) in [4.78, 5) is 1.28. The molecule has 86 valence electrons. The molecule has 1 aromatic carbocycles. The number of fused-ring (bicyclic) bond motifs is 1. The van der Waals surface area contributed by atoms with E-state index in [-0.39, 0.29) is 6.04 Å². The molecule has 0 aliphatic rings. The van der Waals surface area contributed by atoms with Crippen molar-refractivity contribution >= 4 is 32.8 Å². The SMILES string of the molecule is NC(Cc1ccsc1)c1cc2ccccc2s1. The third-order valence-electron chi connectivity index (χ3n) is 2.85. The Kier molecular flexibility index (Phi) is 2.97. The molecule has 0 bridgehead atoms. The van der Waals surface area contributed by atoms with Crippen LogP contribution in [0.15, 0.2) is 47.2 Å². The molecule has 0 aliphatic carbocycles. The summed E-state index contributed by atoms with van der Waals surface area (Å²) in [6.45, 7) is 0. The fourth-order valence-electron chi connectivity index (χ4n) is 1.95. The second kappa shape index (κ2) is 4.61. The average Bonchev–Trinajstić information content (AvgIpc) is 2.96. The van der Waals surface area contributed by atoms with Crippen LogP contribution in [-0.2, 0) is 6.42 Å². The van der Waals surface area contributed by atoms with E-state index in [1.807, 2.05) is 0 Å². The van der Waals surface area contributed by atoms with Crippen LogP contribution in [0.4, 0.5) is 0 Å². The fraction of sp³-hybridized carbons (Fsp3) is 0.143. The molecule has 17 heavy (non-hydrogen) atoms. The van der Waals surface area contributed by atoms with Crippen LogP contribution < -0.4 is 5.73 Å². The lowest BCUT2D eigenvalue weighted by molar-refractivity contribution is 0.739. The zero-order chi connectivity index (χ0) is 11.7. The highest BCUT2D eigenvalue weighted by molar-refractivity contribution is 7.19. The first-order chi connectivity index (χ1) is 8.33. The minimum atomic E-state index is 0.113. The molecule has 2 N–H and O–H groups in total. The first-order valence-corrected chi connectivity index (χ1v) is 7.34. The third-order valence-corrected chi connectivity index (χ3v) is 4.83. The van der Waals surface area contributed by atoms with Crippen LogP contribution in [0.1, 0.15) is 16.5 Å². The van der Waals surface area contributed by atoms with Gasteiger partial charge in [0, 0.05) is 15.6 Å². The van der Waals surface area contributed by atoms with Crippen LogP contribution in [0.3, 0.4) is 0 Å². The predicted octanol–water partition coefficient (Wildman–Crippen LogP) is 4.21. The lowest BCUT2D eigenvalue weighted by Crippen LogP contribution is -2.11. The van der Waals surface area contributed by atoms with Gasteiger partial charge in [-0.25, -0.2) is 0 Å². The van der Waals surface area contributed by atoms with Crippen molar-refractivity contribution < 1.29 is 0 Å². The molecule has 3 heteroatoms. The number of hydrogen-bond donors (Lipinski definition) is 1. The highest BCUT2D eigenvalue weighted by Gasteiger charge is 2.10. The Morgan fingerprint density at radius 2 is 2.06 bits per heavy atom. The molecule has 0 aliphatic heterocycles. The largest absolute Gasteiger partial charge is 0.323 e. The van der Waals surface area contributed by atoms with Gasteiger partial charge in [-0.05, 0) is 46.3 Å². The Bertz CT molecular complexity index is 577. The predicted molar refractivity (Wildman–Crippen MR) is 76.8 cm³/mol. The summed E-state index contributed by atoms with van der Waals surface area (Å²) >= 11 is 3.54. The number of rotatable bonds is 3. The number of hydrogen-bond acceptors (Lipinski definition) is 3. The van der Waals surface area contributed by atoms with Crippen LogP contribution in [0.2, 0.25) is 0 Å². The van der Waals surface area contributed by atoms with Gasteiger partial charge in [0.05, 0.1) is 0 Å². The Balaban J connectivity index is 1.88. The molecule has 1 unspecified atom stereocenters. The summed E-state index contributed by atoms with van der Waals surface area (Å²) in [6.07, 6.45) is 0.927. The highest BCUT2D eigenvalue weighted by Crippen LogP contribution is 2.30. The molecule has 2 aromatic heterocycles. The zero-order valence-electron chi connectivity index (χ0n) is 9.30. The Hall–Kier alpha value is -1.16. The monoisotopic (exact) mass is 259 g/mol. The second-order valence-electron chi connectivity index (χ2n) is 4.13. The maximum Gasteiger partial charge on any atom is 0.0431 e. The molecule has 3 aromatic rings. The normalized spacial score (nSPS) is 13.0. The molecular weight excluding hydrogens is 246 g/mol. The van der Waals surface area contributed by atoms with Crippen LogP contribution in [0.25, 0.3) is 10.1 Å². The average molecular weight is 259 g/mol. The van der Waals surface area contributed by atoms with E-state index in [4.69, 9.17) is 5.73 Å². The molecule has 0 spiro atoms. The standard InChI is InChI=1S/C14H13NS2/c15-12(7-10-5-6-16-9-10)14-8-11-3-1-2-4-13(11)17-14/h1-6,8-9,12H,7,15H2. The fourth-order valence-corrected chi connectivity index (χ4v) is 3.70. The van der Waals surface area contributed by atoms with E-state index in [1.165, 1.54) is 20.5 Å². The number of thiophene rings is 2. The first kappa shape index (κ1) is 11.0. The van der Waals surface area contributed by atoms with E-state index in [0.29, 0.717) is 0 Å². The van der Waals surface area contributed by atoms with Gasteiger partial charge < -0.3 is 5.73 Å². The van der Waals surface area contributed by atoms with Gasteiger partial charge in [0.25, 0.3) is 0 Å². The number of nitrogens with two attached hydrogens (primary N) is 1. The molecule has 1 nitrogen and oxygen atoms in total. The Morgan fingerprint density at radius 3 is 2.82 bits per heavy atom. The summed E-state index contributed by atoms with van der Waals surface area (Å²) in [5.74, 6) is 0. The summed E-state index contributed by atoms with van der Waals surface area (Å²) in [5, 5.41) is 5.58. The summed E-state index contributed by atoms with van der Waals surface area (Å²) in [7, 11) is 0. The van der Waals surface area contributed by atoms with Gasteiger partial charge in [-0.1, -0.05) is 18.2 Å². The highest BCUT2D eigenvalue weighted by atomic mass is 32.1. The van der Waals surface area contributed by atoms with Gasteiger partial charge in [0.2, 0.25) is 0 Å². The van der Waals surface area contributed by atoms with Crippen molar-refractivity contribution in [1.82, 2.24) is 0 Å². The molecule has 1 atom stereocenters. The van der Waals surface area contributed by atoms with E-state index < -0.39 is 0 Å².